The fourth-order valence-corrected chi connectivity index (χ4v) is 3.00. The Labute approximate surface area is 175 Å². The van der Waals surface area contributed by atoms with Gasteiger partial charge in [0.1, 0.15) is 23.5 Å². The molecule has 32 heavy (non-hydrogen) atoms. The van der Waals surface area contributed by atoms with Crippen molar-refractivity contribution in [1.29, 1.82) is 0 Å². The lowest BCUT2D eigenvalue weighted by molar-refractivity contribution is -0.175. The van der Waals surface area contributed by atoms with Crippen molar-refractivity contribution in [3.63, 3.8) is 0 Å². The van der Waals surface area contributed by atoms with Crippen molar-refractivity contribution in [2.45, 2.75) is 57.3 Å². The van der Waals surface area contributed by atoms with E-state index in [1.54, 1.807) is 0 Å². The average Bonchev–Trinajstić information content (AvgIpc) is 2.65. The minimum Gasteiger partial charge on any atom is -0.368 e. The first-order valence-corrected chi connectivity index (χ1v) is 9.07. The minimum atomic E-state index is -5.11. The smallest absolute Gasteiger partial charge is 0.368 e. The van der Waals surface area contributed by atoms with E-state index in [4.69, 9.17) is 5.73 Å². The topological polar surface area (TPSA) is 80.8 Å². The van der Waals surface area contributed by atoms with E-state index in [0.29, 0.717) is 6.07 Å². The van der Waals surface area contributed by atoms with Crippen molar-refractivity contribution in [2.75, 3.05) is 10.6 Å². The minimum absolute atomic E-state index is 0.0743. The summed E-state index contributed by atoms with van der Waals surface area (Å²) in [6.45, 7) is 2.04. The number of nitrogens with two attached hydrogens (primary N) is 1. The molecule has 0 radical (unpaired) electrons. The van der Waals surface area contributed by atoms with E-state index in [1.807, 2.05) is 0 Å². The Bertz CT molecular complexity index is 904. The van der Waals surface area contributed by atoms with Crippen molar-refractivity contribution < 1.29 is 39.5 Å². The van der Waals surface area contributed by atoms with Crippen LogP contribution in [0.5, 0.6) is 0 Å². The number of hydrogen-bond acceptors (Lipinski definition) is 6. The van der Waals surface area contributed by atoms with E-state index in [9.17, 15) is 39.5 Å². The molecule has 2 aromatic rings. The van der Waals surface area contributed by atoms with Crippen LogP contribution in [0.4, 0.5) is 51.4 Å². The van der Waals surface area contributed by atoms with Crippen LogP contribution in [0.3, 0.4) is 0 Å². The number of hydrogen-bond donors (Lipinski definition) is 1. The molecule has 0 aliphatic carbocycles. The van der Waals surface area contributed by atoms with Gasteiger partial charge in [-0.2, -0.15) is 54.5 Å². The molecular weight excluding hydrogens is 459 g/mol. The van der Waals surface area contributed by atoms with Crippen molar-refractivity contribution in [2.24, 2.45) is 0 Å². The van der Waals surface area contributed by atoms with E-state index in [2.05, 4.69) is 19.9 Å². The Morgan fingerprint density at radius 3 is 1.78 bits per heavy atom. The van der Waals surface area contributed by atoms with Gasteiger partial charge in [-0.15, -0.1) is 0 Å². The molecule has 0 saturated carbocycles. The van der Waals surface area contributed by atoms with Crippen molar-refractivity contribution >= 4 is 11.9 Å². The van der Waals surface area contributed by atoms with Crippen LogP contribution >= 0.6 is 0 Å². The van der Waals surface area contributed by atoms with Crippen LogP contribution in [0.1, 0.15) is 32.4 Å². The van der Waals surface area contributed by atoms with Gasteiger partial charge in [-0.25, -0.2) is 4.98 Å². The van der Waals surface area contributed by atoms with Crippen LogP contribution in [0.25, 0.3) is 11.5 Å². The standard InChI is InChI=1S/C17H17F9N6/c1-3-10(16(21,22)23)32(11(4-2)17(24,25)26)14-30-12(29-13(27)31-14)8-6-5-7-9(28-8)15(18,19)20/h5-7,10-11H,3-4H2,1-2H3,(H2,27,29,30,31)/t10-,11-/m0/s1. The number of nitrogen functional groups attached to an aromatic ring is 1. The van der Waals surface area contributed by atoms with Crippen molar-refractivity contribution in [3.05, 3.63) is 23.9 Å². The molecule has 0 fully saturated rings. The molecule has 2 heterocycles. The summed E-state index contributed by atoms with van der Waals surface area (Å²) < 4.78 is 120. The largest absolute Gasteiger partial charge is 0.433 e. The van der Waals surface area contributed by atoms with Crippen LogP contribution in [0, 0.1) is 0 Å². The summed E-state index contributed by atoms with van der Waals surface area (Å²) in [5.74, 6) is -2.58. The van der Waals surface area contributed by atoms with Crippen LogP contribution in [-0.4, -0.2) is 44.4 Å². The summed E-state index contributed by atoms with van der Waals surface area (Å²) in [6.07, 6.45) is -16.7. The van der Waals surface area contributed by atoms with Gasteiger partial charge in [-0.05, 0) is 25.0 Å². The Hall–Kier alpha value is -2.87. The summed E-state index contributed by atoms with van der Waals surface area (Å²) >= 11 is 0. The molecule has 15 heteroatoms. The molecule has 2 rings (SSSR count). The molecule has 2 atom stereocenters. The van der Waals surface area contributed by atoms with Crippen molar-refractivity contribution in [3.8, 4) is 11.5 Å². The highest BCUT2D eigenvalue weighted by Gasteiger charge is 2.52. The number of halogens is 9. The summed E-state index contributed by atoms with van der Waals surface area (Å²) in [6, 6.07) is -2.76. The lowest BCUT2D eigenvalue weighted by atomic mass is 10.1. The molecule has 0 aliphatic rings. The Kier molecular flexibility index (Phi) is 7.09. The molecule has 2 aromatic heterocycles. The molecule has 0 saturated heterocycles. The second kappa shape index (κ2) is 8.94. The first kappa shape index (κ1) is 25.4. The van der Waals surface area contributed by atoms with Crippen LogP contribution in [0.2, 0.25) is 0 Å². The number of nitrogens with zero attached hydrogens (tertiary/aromatic N) is 5. The first-order chi connectivity index (χ1) is 14.6. The first-order valence-electron chi connectivity index (χ1n) is 9.07. The Morgan fingerprint density at radius 1 is 0.812 bits per heavy atom. The zero-order valence-electron chi connectivity index (χ0n) is 16.5. The maximum Gasteiger partial charge on any atom is 0.433 e. The number of rotatable bonds is 6. The highest BCUT2D eigenvalue weighted by atomic mass is 19.4. The zero-order valence-corrected chi connectivity index (χ0v) is 16.5. The van der Waals surface area contributed by atoms with Gasteiger partial charge < -0.3 is 10.6 Å². The van der Waals surface area contributed by atoms with Gasteiger partial charge in [0.05, 0.1) is 0 Å². The molecule has 178 valence electrons. The quantitative estimate of drug-likeness (QED) is 0.590. The van der Waals surface area contributed by atoms with E-state index < -0.39 is 72.6 Å². The molecule has 0 aromatic carbocycles. The maximum atomic E-state index is 13.6. The second-order valence-corrected chi connectivity index (χ2v) is 6.56. The normalized spacial score (nSPS) is 14.8. The predicted molar refractivity (Wildman–Crippen MR) is 95.2 cm³/mol. The maximum absolute atomic E-state index is 13.6. The number of aromatic nitrogens is 4. The summed E-state index contributed by atoms with van der Waals surface area (Å²) in [5.41, 5.74) is 3.53. The number of pyridine rings is 1. The van der Waals surface area contributed by atoms with E-state index in [-0.39, 0.29) is 4.90 Å². The zero-order chi connectivity index (χ0) is 24.5. The van der Waals surface area contributed by atoms with Gasteiger partial charge >= 0.3 is 18.5 Å². The average molecular weight is 476 g/mol. The van der Waals surface area contributed by atoms with E-state index in [0.717, 1.165) is 26.0 Å². The van der Waals surface area contributed by atoms with Gasteiger partial charge in [0, 0.05) is 0 Å². The fraction of sp³-hybridized carbons (Fsp3) is 0.529. The van der Waals surface area contributed by atoms with E-state index >= 15 is 0 Å². The van der Waals surface area contributed by atoms with Gasteiger partial charge in [0.25, 0.3) is 0 Å². The third kappa shape index (κ3) is 5.68. The molecule has 0 bridgehead atoms. The molecule has 6 nitrogen and oxygen atoms in total. The number of anilines is 2. The molecule has 0 aliphatic heterocycles. The highest BCUT2D eigenvalue weighted by molar-refractivity contribution is 5.54. The SMILES string of the molecule is CC[C@H](N(c1nc(N)nc(-c2cccc(C(F)(F)F)n2)n1)[C@@H](CC)C(F)(F)F)C(F)(F)F. The van der Waals surface area contributed by atoms with E-state index in [1.165, 1.54) is 0 Å². The van der Waals surface area contributed by atoms with Gasteiger partial charge in [0.15, 0.2) is 5.82 Å². The van der Waals surface area contributed by atoms with Crippen LogP contribution in [0.15, 0.2) is 18.2 Å². The Balaban J connectivity index is 2.72. The Morgan fingerprint density at radius 2 is 1.34 bits per heavy atom. The summed E-state index contributed by atoms with van der Waals surface area (Å²) in [5, 5.41) is 0. The third-order valence-electron chi connectivity index (χ3n) is 4.34. The highest BCUT2D eigenvalue weighted by Crippen LogP contribution is 2.38. The summed E-state index contributed by atoms with van der Waals surface area (Å²) in [4.78, 5) is 13.8. The monoisotopic (exact) mass is 476 g/mol. The van der Waals surface area contributed by atoms with Gasteiger partial charge in [-0.1, -0.05) is 19.9 Å². The lowest BCUT2D eigenvalue weighted by Gasteiger charge is -2.39. The lowest BCUT2D eigenvalue weighted by Crippen LogP contribution is -2.56. The molecule has 2 N–H and O–H groups in total. The van der Waals surface area contributed by atoms with Crippen LogP contribution in [-0.2, 0) is 6.18 Å². The summed E-state index contributed by atoms with van der Waals surface area (Å²) in [7, 11) is 0. The van der Waals surface area contributed by atoms with Crippen LogP contribution < -0.4 is 10.6 Å². The third-order valence-corrected chi connectivity index (χ3v) is 4.34. The molecule has 0 amide bonds. The second-order valence-electron chi connectivity index (χ2n) is 6.56. The van der Waals surface area contributed by atoms with Crippen molar-refractivity contribution in [1.82, 2.24) is 19.9 Å². The van der Waals surface area contributed by atoms with Gasteiger partial charge in [-0.3, -0.25) is 0 Å². The fourth-order valence-electron chi connectivity index (χ4n) is 3.00. The molecule has 0 spiro atoms. The molecular formula is C17H17F9N6. The number of alkyl halides is 9. The predicted octanol–water partition coefficient (Wildman–Crippen LogP) is 5.02. The van der Waals surface area contributed by atoms with Gasteiger partial charge in [0.2, 0.25) is 11.9 Å². The molecule has 0 unspecified atom stereocenters.